The van der Waals surface area contributed by atoms with Crippen LogP contribution in [0.5, 0.6) is 0 Å². The topological polar surface area (TPSA) is 36.7 Å². The highest BCUT2D eigenvalue weighted by atomic mass is 19.2. The third-order valence-corrected chi connectivity index (χ3v) is 5.78. The first-order valence-electron chi connectivity index (χ1n) is 11.8. The lowest BCUT2D eigenvalue weighted by Gasteiger charge is -2.28. The Morgan fingerprint density at radius 2 is 1.68 bits per heavy atom. The number of benzene rings is 2. The van der Waals surface area contributed by atoms with E-state index >= 15 is 0 Å². The van der Waals surface area contributed by atoms with Crippen molar-refractivity contribution in [2.75, 3.05) is 19.6 Å². The van der Waals surface area contributed by atoms with Gasteiger partial charge in [0.1, 0.15) is 11.5 Å². The maximum absolute atomic E-state index is 13.8. The zero-order valence-electron chi connectivity index (χ0n) is 20.3. The number of amides is 1. The smallest absolute Gasteiger partial charge is 0.237 e. The fraction of sp³-hybridized carbons (Fsp3) is 0.393. The Labute approximate surface area is 201 Å². The number of nitrogens with zero attached hydrogens (tertiary/aromatic N) is 2. The maximum Gasteiger partial charge on any atom is 0.237 e. The molecule has 0 bridgehead atoms. The minimum atomic E-state index is -0.870. The van der Waals surface area contributed by atoms with E-state index < -0.39 is 11.6 Å². The zero-order valence-corrected chi connectivity index (χ0v) is 20.3. The summed E-state index contributed by atoms with van der Waals surface area (Å²) in [4.78, 5) is 17.3. The number of aryl methyl sites for hydroxylation is 1. The second-order valence-electron chi connectivity index (χ2n) is 9.20. The van der Waals surface area contributed by atoms with Crippen molar-refractivity contribution in [3.05, 3.63) is 94.9 Å². The lowest BCUT2D eigenvalue weighted by Crippen LogP contribution is -2.41. The molecule has 3 rings (SSSR count). The molecule has 0 aliphatic rings. The van der Waals surface area contributed by atoms with Gasteiger partial charge in [-0.05, 0) is 67.6 Å². The van der Waals surface area contributed by atoms with Gasteiger partial charge in [-0.3, -0.25) is 9.69 Å². The first-order chi connectivity index (χ1) is 16.3. The lowest BCUT2D eigenvalue weighted by atomic mass is 10.1. The van der Waals surface area contributed by atoms with E-state index in [1.165, 1.54) is 6.07 Å². The van der Waals surface area contributed by atoms with E-state index in [9.17, 15) is 13.6 Å². The number of carbonyl (C=O) groups excluding carboxylic acids is 1. The van der Waals surface area contributed by atoms with Crippen LogP contribution in [0.15, 0.2) is 65.1 Å². The third kappa shape index (κ3) is 8.10. The first kappa shape index (κ1) is 25.6. The molecule has 1 aromatic heterocycles. The molecule has 4 nitrogen and oxygen atoms in total. The number of hydrogen-bond donors (Lipinski definition) is 0. The van der Waals surface area contributed by atoms with E-state index in [2.05, 4.69) is 26.0 Å². The standard InChI is InChI=1S/C28H34F2N2O2/c1-21(2)13-15-31(18-24-10-12-26(29)27(30)17-24)20-28(33)32(19-25-11-9-22(3)34-25)16-14-23-7-5-4-6-8-23/h4-12,17,21H,13-16,18-20H2,1-3H3. The van der Waals surface area contributed by atoms with Crippen LogP contribution in [0.3, 0.4) is 0 Å². The van der Waals surface area contributed by atoms with Crippen LogP contribution < -0.4 is 0 Å². The minimum absolute atomic E-state index is 0.0173. The van der Waals surface area contributed by atoms with Gasteiger partial charge in [-0.2, -0.15) is 0 Å². The molecule has 0 aliphatic carbocycles. The number of carbonyl (C=O) groups is 1. The lowest BCUT2D eigenvalue weighted by molar-refractivity contribution is -0.133. The van der Waals surface area contributed by atoms with Crippen molar-refractivity contribution in [2.24, 2.45) is 5.92 Å². The minimum Gasteiger partial charge on any atom is -0.464 e. The van der Waals surface area contributed by atoms with Crippen LogP contribution in [0.25, 0.3) is 0 Å². The Bertz CT molecular complexity index is 1050. The quantitative estimate of drug-likeness (QED) is 0.328. The fourth-order valence-corrected chi connectivity index (χ4v) is 3.80. The monoisotopic (exact) mass is 468 g/mol. The molecule has 0 unspecified atom stereocenters. The van der Waals surface area contributed by atoms with E-state index in [0.29, 0.717) is 37.7 Å². The van der Waals surface area contributed by atoms with Crippen LogP contribution in [0.4, 0.5) is 8.78 Å². The predicted octanol–water partition coefficient (Wildman–Crippen LogP) is 5.99. The Balaban J connectivity index is 1.73. The van der Waals surface area contributed by atoms with Crippen LogP contribution in [-0.2, 0) is 24.3 Å². The SMILES string of the molecule is Cc1ccc(CN(CCc2ccccc2)C(=O)CN(CCC(C)C)Cc2ccc(F)c(F)c2)o1. The van der Waals surface area contributed by atoms with Gasteiger partial charge in [-0.25, -0.2) is 8.78 Å². The van der Waals surface area contributed by atoms with Crippen molar-refractivity contribution in [1.82, 2.24) is 9.80 Å². The van der Waals surface area contributed by atoms with Crippen molar-refractivity contribution in [3.63, 3.8) is 0 Å². The Kier molecular flexibility index (Phi) is 9.40. The van der Waals surface area contributed by atoms with Crippen molar-refractivity contribution >= 4 is 5.91 Å². The van der Waals surface area contributed by atoms with Crippen molar-refractivity contribution in [3.8, 4) is 0 Å². The van der Waals surface area contributed by atoms with Crippen molar-refractivity contribution in [2.45, 2.75) is 46.7 Å². The molecule has 0 atom stereocenters. The molecular formula is C28H34F2N2O2. The molecule has 1 amide bonds. The molecular weight excluding hydrogens is 434 g/mol. The summed E-state index contributed by atoms with van der Waals surface area (Å²) in [5.41, 5.74) is 1.81. The first-order valence-corrected chi connectivity index (χ1v) is 11.8. The molecule has 3 aromatic rings. The molecule has 2 aromatic carbocycles. The predicted molar refractivity (Wildman–Crippen MR) is 130 cm³/mol. The van der Waals surface area contributed by atoms with E-state index in [0.717, 1.165) is 36.0 Å². The Hall–Kier alpha value is -2.99. The largest absolute Gasteiger partial charge is 0.464 e. The summed E-state index contributed by atoms with van der Waals surface area (Å²) in [7, 11) is 0. The average Bonchev–Trinajstić information content (AvgIpc) is 3.22. The van der Waals surface area contributed by atoms with E-state index in [1.54, 1.807) is 6.07 Å². The molecule has 6 heteroatoms. The summed E-state index contributed by atoms with van der Waals surface area (Å²) in [5, 5.41) is 0. The fourth-order valence-electron chi connectivity index (χ4n) is 3.80. The highest BCUT2D eigenvalue weighted by molar-refractivity contribution is 5.78. The van der Waals surface area contributed by atoms with Crippen LogP contribution in [-0.4, -0.2) is 35.3 Å². The molecule has 182 valence electrons. The molecule has 0 saturated carbocycles. The zero-order chi connectivity index (χ0) is 24.5. The summed E-state index contributed by atoms with van der Waals surface area (Å²) in [6, 6.07) is 17.8. The second-order valence-corrected chi connectivity index (χ2v) is 9.20. The van der Waals surface area contributed by atoms with E-state index in [4.69, 9.17) is 4.42 Å². The normalized spacial score (nSPS) is 11.4. The van der Waals surface area contributed by atoms with Gasteiger partial charge in [0.2, 0.25) is 5.91 Å². The highest BCUT2D eigenvalue weighted by Crippen LogP contribution is 2.15. The average molecular weight is 469 g/mol. The molecule has 0 N–H and O–H groups in total. The molecule has 0 spiro atoms. The van der Waals surface area contributed by atoms with Gasteiger partial charge in [-0.15, -0.1) is 0 Å². The van der Waals surface area contributed by atoms with Crippen molar-refractivity contribution in [1.29, 1.82) is 0 Å². The van der Waals surface area contributed by atoms with Gasteiger partial charge in [0.25, 0.3) is 0 Å². The van der Waals surface area contributed by atoms with Crippen LogP contribution >= 0.6 is 0 Å². The summed E-state index contributed by atoms with van der Waals surface area (Å²) in [6.45, 7) is 8.35. The molecule has 0 saturated heterocycles. The van der Waals surface area contributed by atoms with Crippen LogP contribution in [0, 0.1) is 24.5 Å². The van der Waals surface area contributed by atoms with Crippen molar-refractivity contribution < 1.29 is 18.0 Å². The highest BCUT2D eigenvalue weighted by Gasteiger charge is 2.20. The molecule has 0 fully saturated rings. The summed E-state index contributed by atoms with van der Waals surface area (Å²) < 4.78 is 32.9. The van der Waals surface area contributed by atoms with Gasteiger partial charge >= 0.3 is 0 Å². The van der Waals surface area contributed by atoms with E-state index in [-0.39, 0.29) is 12.5 Å². The Morgan fingerprint density at radius 3 is 2.32 bits per heavy atom. The third-order valence-electron chi connectivity index (χ3n) is 5.78. The maximum atomic E-state index is 13.8. The number of halogens is 2. The summed E-state index contributed by atoms with van der Waals surface area (Å²) in [5.74, 6) is 0.259. The van der Waals surface area contributed by atoms with Gasteiger partial charge in [-0.1, -0.05) is 50.2 Å². The van der Waals surface area contributed by atoms with Gasteiger partial charge in [0.15, 0.2) is 11.6 Å². The molecule has 34 heavy (non-hydrogen) atoms. The van der Waals surface area contributed by atoms with Gasteiger partial charge in [0.05, 0.1) is 13.1 Å². The number of furan rings is 1. The molecule has 0 aliphatic heterocycles. The van der Waals surface area contributed by atoms with Crippen LogP contribution in [0.1, 0.15) is 42.9 Å². The number of hydrogen-bond acceptors (Lipinski definition) is 3. The molecule has 0 radical (unpaired) electrons. The second kappa shape index (κ2) is 12.5. The van der Waals surface area contributed by atoms with Gasteiger partial charge in [0, 0.05) is 13.1 Å². The van der Waals surface area contributed by atoms with Gasteiger partial charge < -0.3 is 9.32 Å². The summed E-state index contributed by atoms with van der Waals surface area (Å²) >= 11 is 0. The number of rotatable bonds is 12. The summed E-state index contributed by atoms with van der Waals surface area (Å²) in [6.07, 6.45) is 1.64. The Morgan fingerprint density at radius 1 is 0.912 bits per heavy atom. The van der Waals surface area contributed by atoms with Crippen LogP contribution in [0.2, 0.25) is 0 Å². The molecule has 1 heterocycles. The van der Waals surface area contributed by atoms with E-state index in [1.807, 2.05) is 47.1 Å².